The van der Waals surface area contributed by atoms with Crippen molar-refractivity contribution in [1.82, 2.24) is 4.98 Å². The Morgan fingerprint density at radius 3 is 2.80 bits per heavy atom. The minimum Gasteiger partial charge on any atom is -0.427 e. The van der Waals surface area contributed by atoms with Crippen molar-refractivity contribution < 1.29 is 17.9 Å². The van der Waals surface area contributed by atoms with Gasteiger partial charge in [0.25, 0.3) is 0 Å². The average Bonchev–Trinajstić information content (AvgIpc) is 2.59. The Kier molecular flexibility index (Phi) is 2.41. The molecule has 1 aromatic heterocycles. The highest BCUT2D eigenvalue weighted by Crippen LogP contribution is 2.24. The van der Waals surface area contributed by atoms with E-state index in [1.807, 2.05) is 0 Å². The normalized spacial score (nSPS) is 12.1. The summed E-state index contributed by atoms with van der Waals surface area (Å²) >= 11 is 0. The first-order valence-corrected chi connectivity index (χ1v) is 6.27. The molecule has 0 aliphatic carbocycles. The molecule has 0 atom stereocenters. The number of oxazole rings is 1. The molecule has 0 unspecified atom stereocenters. The number of hydrogen-bond donors (Lipinski definition) is 1. The lowest BCUT2D eigenvalue weighted by atomic mass is 10.2. The lowest BCUT2D eigenvalue weighted by molar-refractivity contribution is 0.281. The van der Waals surface area contributed by atoms with E-state index in [4.69, 9.17) is 20.2 Å². The molecule has 2 rings (SSSR count). The number of hydrogen-bond acceptors (Lipinski definition) is 5. The Morgan fingerprint density at radius 1 is 1.47 bits per heavy atom. The number of halogens is 1. The van der Waals surface area contributed by atoms with Gasteiger partial charge in [-0.15, -0.1) is 0 Å². The van der Waals surface area contributed by atoms with E-state index in [1.165, 1.54) is 0 Å². The van der Waals surface area contributed by atoms with Gasteiger partial charge in [-0.1, -0.05) is 12.1 Å². The number of aliphatic hydroxyl groups is 1. The Bertz CT molecular complexity index is 604. The zero-order valence-electron chi connectivity index (χ0n) is 7.34. The number of aromatic nitrogens is 1. The molecule has 2 aromatic rings. The Hall–Kier alpha value is -1.11. The zero-order valence-corrected chi connectivity index (χ0v) is 8.92. The molecular weight excluding hydrogens is 242 g/mol. The number of rotatable bonds is 2. The van der Waals surface area contributed by atoms with Crippen molar-refractivity contribution in [2.75, 3.05) is 0 Å². The van der Waals surface area contributed by atoms with Gasteiger partial charge in [0.2, 0.25) is 0 Å². The third-order valence-electron chi connectivity index (χ3n) is 1.86. The first-order valence-electron chi connectivity index (χ1n) is 3.96. The van der Waals surface area contributed by atoms with Crippen LogP contribution in [0.25, 0.3) is 11.1 Å². The monoisotopic (exact) mass is 247 g/mol. The number of fused-ring (bicyclic) bond motifs is 1. The van der Waals surface area contributed by atoms with E-state index in [0.717, 1.165) is 0 Å². The van der Waals surface area contributed by atoms with Gasteiger partial charge in [-0.25, -0.2) is 8.42 Å². The second kappa shape index (κ2) is 3.48. The molecule has 0 radical (unpaired) electrons. The summed E-state index contributed by atoms with van der Waals surface area (Å²) in [5, 5.41) is 8.42. The van der Waals surface area contributed by atoms with E-state index >= 15 is 0 Å². The summed E-state index contributed by atoms with van der Waals surface area (Å²) in [6, 6.07) is 4.82. The van der Waals surface area contributed by atoms with Crippen LogP contribution in [0.1, 0.15) is 5.56 Å². The minimum absolute atomic E-state index is 0.235. The van der Waals surface area contributed by atoms with Crippen LogP contribution in [-0.4, -0.2) is 18.5 Å². The van der Waals surface area contributed by atoms with Gasteiger partial charge in [0.1, 0.15) is 5.52 Å². The molecule has 0 saturated heterocycles. The molecule has 0 fully saturated rings. The number of nitrogens with zero attached hydrogens (tertiary/aromatic N) is 1. The van der Waals surface area contributed by atoms with Crippen molar-refractivity contribution in [3.05, 3.63) is 23.8 Å². The quantitative estimate of drug-likeness (QED) is 0.808. The van der Waals surface area contributed by atoms with Crippen LogP contribution in [0.4, 0.5) is 0 Å². The van der Waals surface area contributed by atoms with Crippen LogP contribution in [0.3, 0.4) is 0 Å². The third kappa shape index (κ3) is 1.83. The molecule has 5 nitrogen and oxygen atoms in total. The van der Waals surface area contributed by atoms with Crippen molar-refractivity contribution in [3.8, 4) is 0 Å². The molecule has 0 saturated carbocycles. The molecule has 0 aliphatic heterocycles. The van der Waals surface area contributed by atoms with Crippen LogP contribution in [0.2, 0.25) is 0 Å². The second-order valence-electron chi connectivity index (χ2n) is 2.84. The summed E-state index contributed by atoms with van der Waals surface area (Å²) in [5.74, 6) is 0. The Morgan fingerprint density at radius 2 is 2.20 bits per heavy atom. The van der Waals surface area contributed by atoms with Gasteiger partial charge in [0, 0.05) is 16.2 Å². The largest absolute Gasteiger partial charge is 0.427 e. The lowest BCUT2D eigenvalue weighted by Gasteiger charge is -1.93. The van der Waals surface area contributed by atoms with Crippen LogP contribution in [0.5, 0.6) is 0 Å². The molecule has 80 valence electrons. The maximum absolute atomic E-state index is 10.9. The molecular formula is C8H6ClNO4S. The molecule has 0 aliphatic rings. The first kappa shape index (κ1) is 10.4. The number of para-hydroxylation sites is 1. The Labute approximate surface area is 89.7 Å². The fourth-order valence-corrected chi connectivity index (χ4v) is 1.80. The number of aliphatic hydroxyl groups excluding tert-OH is 1. The van der Waals surface area contributed by atoms with Gasteiger partial charge in [-0.2, -0.15) is 4.98 Å². The summed E-state index contributed by atoms with van der Waals surface area (Å²) in [7, 11) is 1.10. The highest BCUT2D eigenvalue weighted by atomic mass is 35.7. The maximum atomic E-state index is 10.9. The van der Waals surface area contributed by atoms with Crippen molar-refractivity contribution >= 4 is 30.8 Å². The average molecular weight is 248 g/mol. The second-order valence-corrected chi connectivity index (χ2v) is 5.28. The highest BCUT2D eigenvalue weighted by molar-refractivity contribution is 8.13. The predicted octanol–water partition coefficient (Wildman–Crippen LogP) is 1.25. The van der Waals surface area contributed by atoms with E-state index in [9.17, 15) is 8.42 Å². The Balaban J connectivity index is 2.76. The third-order valence-corrected chi connectivity index (χ3v) is 2.84. The van der Waals surface area contributed by atoms with Gasteiger partial charge in [-0.05, 0) is 6.07 Å². The molecule has 1 N–H and O–H groups in total. The molecule has 15 heavy (non-hydrogen) atoms. The topological polar surface area (TPSA) is 80.4 Å². The molecule has 0 amide bonds. The molecule has 0 spiro atoms. The standard InChI is InChI=1S/C8H6ClNO4S/c9-15(12,13)8-10-6-3-1-2-5(4-11)7(6)14-8/h1-3,11H,4H2. The summed E-state index contributed by atoms with van der Waals surface area (Å²) < 4.78 is 26.9. The molecule has 7 heteroatoms. The van der Waals surface area contributed by atoms with Gasteiger partial charge in [-0.3, -0.25) is 0 Å². The van der Waals surface area contributed by atoms with Crippen molar-refractivity contribution in [1.29, 1.82) is 0 Å². The van der Waals surface area contributed by atoms with Gasteiger partial charge < -0.3 is 9.52 Å². The van der Waals surface area contributed by atoms with Crippen molar-refractivity contribution in [2.45, 2.75) is 11.8 Å². The van der Waals surface area contributed by atoms with E-state index in [1.54, 1.807) is 18.2 Å². The van der Waals surface area contributed by atoms with Gasteiger partial charge in [0.05, 0.1) is 6.61 Å². The van der Waals surface area contributed by atoms with E-state index in [-0.39, 0.29) is 12.2 Å². The fraction of sp³-hybridized carbons (Fsp3) is 0.125. The van der Waals surface area contributed by atoms with Crippen LogP contribution >= 0.6 is 10.7 Å². The van der Waals surface area contributed by atoms with E-state index in [0.29, 0.717) is 11.1 Å². The fourth-order valence-electron chi connectivity index (χ4n) is 1.21. The minimum atomic E-state index is -3.98. The molecule has 1 heterocycles. The van der Waals surface area contributed by atoms with E-state index in [2.05, 4.69) is 4.98 Å². The summed E-state index contributed by atoms with van der Waals surface area (Å²) in [6.07, 6.45) is 0. The van der Waals surface area contributed by atoms with Crippen molar-refractivity contribution in [2.24, 2.45) is 0 Å². The summed E-state index contributed by atoms with van der Waals surface area (Å²) in [4.78, 5) is 3.69. The van der Waals surface area contributed by atoms with Crippen LogP contribution < -0.4 is 0 Å². The van der Waals surface area contributed by atoms with Crippen LogP contribution in [0.15, 0.2) is 27.8 Å². The van der Waals surface area contributed by atoms with Crippen molar-refractivity contribution in [3.63, 3.8) is 0 Å². The SMILES string of the molecule is O=S(=O)(Cl)c1nc2cccc(CO)c2o1. The van der Waals surface area contributed by atoms with E-state index < -0.39 is 14.3 Å². The molecule has 1 aromatic carbocycles. The van der Waals surface area contributed by atoms with Crippen LogP contribution in [0, 0.1) is 0 Å². The van der Waals surface area contributed by atoms with Gasteiger partial charge >= 0.3 is 14.3 Å². The predicted molar refractivity (Wildman–Crippen MR) is 53.0 cm³/mol. The van der Waals surface area contributed by atoms with Crippen LogP contribution in [-0.2, 0) is 15.7 Å². The maximum Gasteiger partial charge on any atom is 0.332 e. The molecule has 0 bridgehead atoms. The van der Waals surface area contributed by atoms with Gasteiger partial charge in [0.15, 0.2) is 5.58 Å². The first-order chi connectivity index (χ1) is 7.02. The lowest BCUT2D eigenvalue weighted by Crippen LogP contribution is -1.88. The number of benzene rings is 1. The zero-order chi connectivity index (χ0) is 11.1. The summed E-state index contributed by atoms with van der Waals surface area (Å²) in [5.41, 5.74) is 1.05. The highest BCUT2D eigenvalue weighted by Gasteiger charge is 2.19. The summed E-state index contributed by atoms with van der Waals surface area (Å²) in [6.45, 7) is -0.256. The smallest absolute Gasteiger partial charge is 0.332 e.